The van der Waals surface area contributed by atoms with Crippen molar-refractivity contribution in [2.75, 3.05) is 0 Å². The summed E-state index contributed by atoms with van der Waals surface area (Å²) in [6, 6.07) is 0.904. The molecule has 0 atom stereocenters. The van der Waals surface area contributed by atoms with E-state index in [2.05, 4.69) is 10.6 Å². The van der Waals surface area contributed by atoms with Gasteiger partial charge in [-0.3, -0.25) is 0 Å². The smallest absolute Gasteiger partial charge is 0.315 e. The topological polar surface area (TPSA) is 41.1 Å². The predicted molar refractivity (Wildman–Crippen MR) is 88.5 cm³/mol. The van der Waals surface area contributed by atoms with Crippen LogP contribution in [0.15, 0.2) is 0 Å². The molecule has 0 saturated heterocycles. The lowest BCUT2D eigenvalue weighted by Crippen LogP contribution is -2.45. The molecule has 21 heavy (non-hydrogen) atoms. The van der Waals surface area contributed by atoms with E-state index in [1.54, 1.807) is 0 Å². The maximum absolute atomic E-state index is 12.1. The van der Waals surface area contributed by atoms with Crippen molar-refractivity contribution in [2.45, 2.75) is 108 Å². The van der Waals surface area contributed by atoms with E-state index in [1.807, 2.05) is 0 Å². The van der Waals surface area contributed by atoms with Crippen molar-refractivity contribution in [3.05, 3.63) is 0 Å². The lowest BCUT2D eigenvalue weighted by molar-refractivity contribution is 0.230. The van der Waals surface area contributed by atoms with Crippen molar-refractivity contribution in [1.29, 1.82) is 0 Å². The molecule has 122 valence electrons. The molecule has 2 aliphatic carbocycles. The largest absolute Gasteiger partial charge is 0.335 e. The normalized spacial score (nSPS) is 24.0. The fraction of sp³-hybridized carbons (Fsp3) is 0.944. The van der Waals surface area contributed by atoms with Crippen molar-refractivity contribution in [3.63, 3.8) is 0 Å². The number of rotatable bonds is 2. The van der Waals surface area contributed by atoms with Gasteiger partial charge in [0.1, 0.15) is 0 Å². The summed E-state index contributed by atoms with van der Waals surface area (Å²) in [6.45, 7) is 0. The van der Waals surface area contributed by atoms with E-state index >= 15 is 0 Å². The quantitative estimate of drug-likeness (QED) is 0.747. The Morgan fingerprint density at radius 3 is 1.19 bits per heavy atom. The molecule has 0 radical (unpaired) electrons. The van der Waals surface area contributed by atoms with Crippen LogP contribution in [0.2, 0.25) is 0 Å². The van der Waals surface area contributed by atoms with E-state index in [9.17, 15) is 4.79 Å². The minimum Gasteiger partial charge on any atom is -0.335 e. The molecule has 0 spiro atoms. The average Bonchev–Trinajstić information content (AvgIpc) is 2.94. The van der Waals surface area contributed by atoms with E-state index in [4.69, 9.17) is 0 Å². The predicted octanol–water partition coefficient (Wildman–Crippen LogP) is 4.90. The lowest BCUT2D eigenvalue weighted by atomic mass is 9.98. The summed E-state index contributed by atoms with van der Waals surface area (Å²) in [6.07, 6.45) is 19.4. The third kappa shape index (κ3) is 7.19. The summed E-state index contributed by atoms with van der Waals surface area (Å²) in [5, 5.41) is 6.41. The molecule has 2 amide bonds. The summed E-state index contributed by atoms with van der Waals surface area (Å²) in [7, 11) is 0. The van der Waals surface area contributed by atoms with Crippen LogP contribution in [0.5, 0.6) is 0 Å². The maximum Gasteiger partial charge on any atom is 0.315 e. The van der Waals surface area contributed by atoms with Gasteiger partial charge in [0.2, 0.25) is 0 Å². The summed E-state index contributed by atoms with van der Waals surface area (Å²) in [5.74, 6) is 0. The zero-order valence-corrected chi connectivity index (χ0v) is 13.7. The van der Waals surface area contributed by atoms with E-state index in [0.717, 1.165) is 25.7 Å². The molecule has 0 aromatic carbocycles. The van der Waals surface area contributed by atoms with E-state index in [0.29, 0.717) is 12.1 Å². The number of carbonyl (C=O) groups excluding carboxylic acids is 1. The van der Waals surface area contributed by atoms with Gasteiger partial charge in [0.15, 0.2) is 0 Å². The minimum atomic E-state index is 0.0824. The Balaban J connectivity index is 1.70. The van der Waals surface area contributed by atoms with Gasteiger partial charge in [0.25, 0.3) is 0 Å². The third-order valence-corrected chi connectivity index (χ3v) is 5.13. The number of urea groups is 1. The first-order chi connectivity index (χ1) is 10.3. The molecular weight excluding hydrogens is 260 g/mol. The number of nitrogens with one attached hydrogen (secondary N) is 2. The summed E-state index contributed by atoms with van der Waals surface area (Å²) >= 11 is 0. The third-order valence-electron chi connectivity index (χ3n) is 5.13. The first-order valence-corrected chi connectivity index (χ1v) is 9.41. The van der Waals surface area contributed by atoms with Gasteiger partial charge in [-0.1, -0.05) is 70.6 Å². The molecule has 0 unspecified atom stereocenters. The first-order valence-electron chi connectivity index (χ1n) is 9.41. The highest BCUT2D eigenvalue weighted by Gasteiger charge is 2.19. The molecule has 3 heteroatoms. The fourth-order valence-corrected chi connectivity index (χ4v) is 3.79. The molecule has 0 aromatic heterocycles. The Labute approximate surface area is 130 Å². The monoisotopic (exact) mass is 294 g/mol. The second-order valence-electron chi connectivity index (χ2n) is 7.06. The van der Waals surface area contributed by atoms with Crippen LogP contribution in [0.4, 0.5) is 4.79 Å². The van der Waals surface area contributed by atoms with Gasteiger partial charge in [-0.2, -0.15) is 0 Å². The van der Waals surface area contributed by atoms with Gasteiger partial charge in [-0.05, 0) is 25.7 Å². The van der Waals surface area contributed by atoms with Crippen LogP contribution in [0, 0.1) is 0 Å². The molecule has 0 aliphatic heterocycles. The summed E-state index contributed by atoms with van der Waals surface area (Å²) in [5.41, 5.74) is 0. The van der Waals surface area contributed by atoms with Crippen LogP contribution < -0.4 is 10.6 Å². The van der Waals surface area contributed by atoms with Gasteiger partial charge in [0, 0.05) is 12.1 Å². The zero-order chi connectivity index (χ0) is 14.8. The molecular formula is C18H34N2O. The Morgan fingerprint density at radius 2 is 0.810 bits per heavy atom. The van der Waals surface area contributed by atoms with Crippen LogP contribution in [0.25, 0.3) is 0 Å². The van der Waals surface area contributed by atoms with Crippen molar-refractivity contribution < 1.29 is 4.79 Å². The average molecular weight is 294 g/mol. The summed E-state index contributed by atoms with van der Waals surface area (Å²) < 4.78 is 0. The Kier molecular flexibility index (Phi) is 7.98. The van der Waals surface area contributed by atoms with Crippen LogP contribution in [-0.4, -0.2) is 18.1 Å². The highest BCUT2D eigenvalue weighted by Crippen LogP contribution is 2.19. The van der Waals surface area contributed by atoms with E-state index in [1.165, 1.54) is 70.6 Å². The van der Waals surface area contributed by atoms with Crippen molar-refractivity contribution in [2.24, 2.45) is 0 Å². The van der Waals surface area contributed by atoms with E-state index in [-0.39, 0.29) is 6.03 Å². The molecule has 0 aromatic rings. The standard InChI is InChI=1S/C18H34N2O/c21-18(20-17-14-10-11-15-17)19-16-12-8-6-4-2-1-3-5-7-9-13-16/h16-17H,1-15H2,(H2,19,20,21). The SMILES string of the molecule is O=C(NC1CCCCCCCCCCC1)NC1CCCC1. The molecule has 0 heterocycles. The molecule has 2 rings (SSSR count). The molecule has 3 nitrogen and oxygen atoms in total. The minimum absolute atomic E-state index is 0.0824. The zero-order valence-electron chi connectivity index (χ0n) is 13.7. The second kappa shape index (κ2) is 10.1. The number of hydrogen-bond donors (Lipinski definition) is 2. The molecule has 2 aliphatic rings. The summed E-state index contributed by atoms with van der Waals surface area (Å²) in [4.78, 5) is 12.1. The number of amides is 2. The van der Waals surface area contributed by atoms with Gasteiger partial charge in [-0.15, -0.1) is 0 Å². The van der Waals surface area contributed by atoms with Crippen LogP contribution in [-0.2, 0) is 0 Å². The Bertz CT molecular complexity index is 275. The lowest BCUT2D eigenvalue weighted by Gasteiger charge is -2.21. The van der Waals surface area contributed by atoms with Gasteiger partial charge < -0.3 is 10.6 Å². The van der Waals surface area contributed by atoms with Crippen molar-refractivity contribution in [1.82, 2.24) is 10.6 Å². The number of carbonyl (C=O) groups is 1. The highest BCUT2D eigenvalue weighted by atomic mass is 16.2. The second-order valence-corrected chi connectivity index (χ2v) is 7.06. The Morgan fingerprint density at radius 1 is 0.524 bits per heavy atom. The van der Waals surface area contributed by atoms with Crippen molar-refractivity contribution >= 4 is 6.03 Å². The van der Waals surface area contributed by atoms with Crippen LogP contribution in [0.3, 0.4) is 0 Å². The maximum atomic E-state index is 12.1. The van der Waals surface area contributed by atoms with Crippen LogP contribution in [0.1, 0.15) is 96.3 Å². The molecule has 2 fully saturated rings. The Hall–Kier alpha value is -0.730. The van der Waals surface area contributed by atoms with Crippen LogP contribution >= 0.6 is 0 Å². The number of hydrogen-bond acceptors (Lipinski definition) is 1. The highest BCUT2D eigenvalue weighted by molar-refractivity contribution is 5.74. The first kappa shape index (κ1) is 16.6. The fourth-order valence-electron chi connectivity index (χ4n) is 3.79. The van der Waals surface area contributed by atoms with Gasteiger partial charge in [0.05, 0.1) is 0 Å². The van der Waals surface area contributed by atoms with Gasteiger partial charge in [-0.25, -0.2) is 4.79 Å². The molecule has 2 saturated carbocycles. The molecule has 2 N–H and O–H groups in total. The van der Waals surface area contributed by atoms with Crippen molar-refractivity contribution in [3.8, 4) is 0 Å². The van der Waals surface area contributed by atoms with Gasteiger partial charge >= 0.3 is 6.03 Å². The molecule has 0 bridgehead atoms. The van der Waals surface area contributed by atoms with E-state index < -0.39 is 0 Å².